The second-order valence-corrected chi connectivity index (χ2v) is 8.51. The number of benzene rings is 2. The Morgan fingerprint density at radius 3 is 2.56 bits per heavy atom. The average molecular weight is 384 g/mol. The maximum Gasteiger partial charge on any atom is 0.323 e. The Morgan fingerprint density at radius 1 is 1.11 bits per heavy atom. The Bertz CT molecular complexity index is 1100. The molecular formula is C20H20N2O4S. The van der Waals surface area contributed by atoms with Gasteiger partial charge in [0, 0.05) is 22.6 Å². The van der Waals surface area contributed by atoms with Crippen molar-refractivity contribution in [3.8, 4) is 0 Å². The lowest BCUT2D eigenvalue weighted by Crippen LogP contribution is -2.39. The van der Waals surface area contributed by atoms with Gasteiger partial charge in [-0.15, -0.1) is 0 Å². The van der Waals surface area contributed by atoms with E-state index in [0.29, 0.717) is 19.3 Å². The Hall–Kier alpha value is -2.64. The van der Waals surface area contributed by atoms with Crippen molar-refractivity contribution in [1.82, 2.24) is 9.29 Å². The van der Waals surface area contributed by atoms with E-state index in [1.807, 2.05) is 28.8 Å². The smallest absolute Gasteiger partial charge is 0.323 e. The monoisotopic (exact) mass is 384 g/mol. The molecule has 6 nitrogen and oxygen atoms in total. The molecule has 0 bridgehead atoms. The Labute approximate surface area is 157 Å². The fourth-order valence-corrected chi connectivity index (χ4v) is 5.20. The minimum atomic E-state index is -3.58. The van der Waals surface area contributed by atoms with E-state index in [0.717, 1.165) is 22.2 Å². The first kappa shape index (κ1) is 17.8. The molecule has 0 radical (unpaired) electrons. The first-order valence-electron chi connectivity index (χ1n) is 8.84. The van der Waals surface area contributed by atoms with Crippen LogP contribution in [-0.2, 0) is 34.2 Å². The maximum absolute atomic E-state index is 12.6. The second-order valence-electron chi connectivity index (χ2n) is 6.80. The van der Waals surface area contributed by atoms with Crippen LogP contribution in [0.3, 0.4) is 0 Å². The Morgan fingerprint density at radius 2 is 1.81 bits per heavy atom. The minimum Gasteiger partial charge on any atom is -0.480 e. The molecule has 0 saturated heterocycles. The number of hydrogen-bond acceptors (Lipinski definition) is 3. The zero-order valence-corrected chi connectivity index (χ0v) is 15.4. The number of aromatic nitrogens is 1. The van der Waals surface area contributed by atoms with Gasteiger partial charge in [0.15, 0.2) is 0 Å². The quantitative estimate of drug-likeness (QED) is 0.708. The second kappa shape index (κ2) is 6.83. The van der Waals surface area contributed by atoms with Crippen molar-refractivity contribution in [2.75, 3.05) is 0 Å². The standard InChI is InChI=1S/C20H20N2O4S/c23-20(24)13-22-18-9-5-4-8-16(18)17-12-14(10-11-19(17)22)21-27(25,26)15-6-2-1-3-7-15/h1-9,14,21H,10-13H2,(H,23,24). The summed E-state index contributed by atoms with van der Waals surface area (Å²) in [6.07, 6.45) is 1.82. The van der Waals surface area contributed by atoms with E-state index in [1.165, 1.54) is 0 Å². The van der Waals surface area contributed by atoms with Gasteiger partial charge in [-0.05, 0) is 43.0 Å². The van der Waals surface area contributed by atoms with Gasteiger partial charge in [-0.3, -0.25) is 4.79 Å². The van der Waals surface area contributed by atoms with Gasteiger partial charge >= 0.3 is 5.97 Å². The predicted molar refractivity (Wildman–Crippen MR) is 102 cm³/mol. The predicted octanol–water partition coefficient (Wildman–Crippen LogP) is 2.56. The lowest BCUT2D eigenvalue weighted by molar-refractivity contribution is -0.137. The third-order valence-corrected chi connectivity index (χ3v) is 6.58. The summed E-state index contributed by atoms with van der Waals surface area (Å²) >= 11 is 0. The SMILES string of the molecule is O=C(O)Cn1c2c(c3ccccc31)CC(NS(=O)(=O)c1ccccc1)CC2. The summed E-state index contributed by atoms with van der Waals surface area (Å²) in [5.41, 5.74) is 2.92. The number of carboxylic acids is 1. The van der Waals surface area contributed by atoms with Crippen LogP contribution in [0.1, 0.15) is 17.7 Å². The molecule has 1 heterocycles. The summed E-state index contributed by atoms with van der Waals surface area (Å²) in [6, 6.07) is 15.8. The van der Waals surface area contributed by atoms with Crippen molar-refractivity contribution in [2.24, 2.45) is 0 Å². The number of nitrogens with zero attached hydrogens (tertiary/aromatic N) is 1. The molecule has 2 aromatic carbocycles. The van der Waals surface area contributed by atoms with Crippen LogP contribution in [0, 0.1) is 0 Å². The molecule has 1 aliphatic carbocycles. The lowest BCUT2D eigenvalue weighted by atomic mass is 9.92. The molecule has 1 atom stereocenters. The Kier molecular flexibility index (Phi) is 4.49. The molecule has 140 valence electrons. The molecule has 0 amide bonds. The van der Waals surface area contributed by atoms with E-state index in [1.54, 1.807) is 30.3 Å². The van der Waals surface area contributed by atoms with Crippen molar-refractivity contribution in [1.29, 1.82) is 0 Å². The molecule has 1 aliphatic rings. The highest BCUT2D eigenvalue weighted by Crippen LogP contribution is 2.32. The number of para-hydroxylation sites is 1. The van der Waals surface area contributed by atoms with Gasteiger partial charge in [0.2, 0.25) is 10.0 Å². The normalized spacial score (nSPS) is 17.0. The van der Waals surface area contributed by atoms with Gasteiger partial charge in [-0.2, -0.15) is 0 Å². The molecule has 0 fully saturated rings. The van der Waals surface area contributed by atoms with Gasteiger partial charge in [0.05, 0.1) is 4.90 Å². The van der Waals surface area contributed by atoms with Gasteiger partial charge in [-0.1, -0.05) is 36.4 Å². The number of fused-ring (bicyclic) bond motifs is 3. The highest BCUT2D eigenvalue weighted by atomic mass is 32.2. The van der Waals surface area contributed by atoms with E-state index < -0.39 is 16.0 Å². The highest BCUT2D eigenvalue weighted by molar-refractivity contribution is 7.89. The third-order valence-electron chi connectivity index (χ3n) is 5.04. The summed E-state index contributed by atoms with van der Waals surface area (Å²) < 4.78 is 29.9. The average Bonchev–Trinajstić information content (AvgIpc) is 2.95. The molecule has 1 aromatic heterocycles. The zero-order chi connectivity index (χ0) is 19.0. The van der Waals surface area contributed by atoms with Crippen molar-refractivity contribution in [2.45, 2.75) is 36.7 Å². The number of aliphatic carboxylic acids is 1. The van der Waals surface area contributed by atoms with Crippen molar-refractivity contribution >= 4 is 26.9 Å². The number of nitrogens with one attached hydrogen (secondary N) is 1. The fraction of sp³-hybridized carbons (Fsp3) is 0.250. The summed E-state index contributed by atoms with van der Waals surface area (Å²) in [5, 5.41) is 10.3. The van der Waals surface area contributed by atoms with Gasteiger partial charge in [0.25, 0.3) is 0 Å². The highest BCUT2D eigenvalue weighted by Gasteiger charge is 2.28. The molecule has 2 N–H and O–H groups in total. The first-order valence-corrected chi connectivity index (χ1v) is 10.3. The van der Waals surface area contributed by atoms with E-state index >= 15 is 0 Å². The third kappa shape index (κ3) is 3.36. The van der Waals surface area contributed by atoms with Crippen LogP contribution >= 0.6 is 0 Å². The Balaban J connectivity index is 1.67. The molecule has 0 spiro atoms. The van der Waals surface area contributed by atoms with Crippen LogP contribution in [0.2, 0.25) is 0 Å². The van der Waals surface area contributed by atoms with Gasteiger partial charge in [-0.25, -0.2) is 13.1 Å². The number of hydrogen-bond donors (Lipinski definition) is 2. The number of carbonyl (C=O) groups is 1. The summed E-state index contributed by atoms with van der Waals surface area (Å²) in [5.74, 6) is -0.884. The number of sulfonamides is 1. The van der Waals surface area contributed by atoms with Crippen LogP contribution in [0.5, 0.6) is 0 Å². The van der Waals surface area contributed by atoms with Crippen molar-refractivity contribution < 1.29 is 18.3 Å². The van der Waals surface area contributed by atoms with Crippen LogP contribution in [0.15, 0.2) is 59.5 Å². The van der Waals surface area contributed by atoms with E-state index in [2.05, 4.69) is 4.72 Å². The molecule has 27 heavy (non-hydrogen) atoms. The van der Waals surface area contributed by atoms with Crippen LogP contribution in [0.4, 0.5) is 0 Å². The molecule has 7 heteroatoms. The summed E-state index contributed by atoms with van der Waals surface area (Å²) in [7, 11) is -3.58. The van der Waals surface area contributed by atoms with Crippen molar-refractivity contribution in [3.63, 3.8) is 0 Å². The molecule has 3 aromatic rings. The molecule has 0 aliphatic heterocycles. The van der Waals surface area contributed by atoms with Crippen LogP contribution < -0.4 is 4.72 Å². The van der Waals surface area contributed by atoms with Crippen LogP contribution in [-0.4, -0.2) is 30.1 Å². The maximum atomic E-state index is 12.6. The van der Waals surface area contributed by atoms with Gasteiger partial charge < -0.3 is 9.67 Å². The van der Waals surface area contributed by atoms with Crippen LogP contribution in [0.25, 0.3) is 10.9 Å². The minimum absolute atomic E-state index is 0.0870. The number of carboxylic acid groups (broad SMARTS) is 1. The summed E-state index contributed by atoms with van der Waals surface area (Å²) in [6.45, 7) is -0.0870. The number of rotatable bonds is 5. The topological polar surface area (TPSA) is 88.4 Å². The molecule has 0 saturated carbocycles. The van der Waals surface area contributed by atoms with E-state index in [-0.39, 0.29) is 17.5 Å². The first-order chi connectivity index (χ1) is 13.0. The largest absolute Gasteiger partial charge is 0.480 e. The molecule has 1 unspecified atom stereocenters. The van der Waals surface area contributed by atoms with E-state index in [9.17, 15) is 18.3 Å². The van der Waals surface area contributed by atoms with Crippen molar-refractivity contribution in [3.05, 3.63) is 65.9 Å². The molecule has 4 rings (SSSR count). The van der Waals surface area contributed by atoms with Gasteiger partial charge in [0.1, 0.15) is 6.54 Å². The zero-order valence-electron chi connectivity index (χ0n) is 14.6. The van der Waals surface area contributed by atoms with E-state index in [4.69, 9.17) is 0 Å². The molecular weight excluding hydrogens is 364 g/mol. The fourth-order valence-electron chi connectivity index (χ4n) is 3.90. The lowest BCUT2D eigenvalue weighted by Gasteiger charge is -2.24. The summed E-state index contributed by atoms with van der Waals surface area (Å²) in [4.78, 5) is 11.5.